The minimum atomic E-state index is -1.97. The van der Waals surface area contributed by atoms with E-state index in [0.717, 1.165) is 12.5 Å². The third-order valence-electron chi connectivity index (χ3n) is 1.86. The zero-order chi connectivity index (χ0) is 12.7. The Labute approximate surface area is 106 Å². The van der Waals surface area contributed by atoms with Gasteiger partial charge in [-0.3, -0.25) is 0 Å². The van der Waals surface area contributed by atoms with Crippen LogP contribution in [-0.4, -0.2) is 49.1 Å². The van der Waals surface area contributed by atoms with E-state index < -0.39 is 27.1 Å². The molecule has 0 amide bonds. The summed E-state index contributed by atoms with van der Waals surface area (Å²) in [5.74, 6) is 0. The molecule has 1 fully saturated rings. The predicted octanol–water partition coefficient (Wildman–Crippen LogP) is 0.579. The molecule has 0 atom stereocenters. The van der Waals surface area contributed by atoms with E-state index in [1.54, 1.807) is 0 Å². The van der Waals surface area contributed by atoms with Crippen LogP contribution in [0.15, 0.2) is 0 Å². The minimum Gasteiger partial charge on any atom is -0.420 e. The highest BCUT2D eigenvalue weighted by Crippen LogP contribution is 2.16. The van der Waals surface area contributed by atoms with Crippen molar-refractivity contribution in [1.29, 1.82) is 0 Å². The van der Waals surface area contributed by atoms with Gasteiger partial charge in [-0.25, -0.2) is 0 Å². The fourth-order valence-corrected chi connectivity index (χ4v) is 12.5. The van der Waals surface area contributed by atoms with Crippen molar-refractivity contribution in [2.24, 2.45) is 0 Å². The second-order valence-electron chi connectivity index (χ2n) is 4.27. The van der Waals surface area contributed by atoms with Crippen molar-refractivity contribution in [3.63, 3.8) is 0 Å². The Balaban J connectivity index is 0.00000106. The third kappa shape index (κ3) is 7.90. The summed E-state index contributed by atoms with van der Waals surface area (Å²) in [6, 6.07) is 0. The van der Waals surface area contributed by atoms with Gasteiger partial charge in [0.05, 0.1) is 9.52 Å². The summed E-state index contributed by atoms with van der Waals surface area (Å²) in [4.78, 5) is 0. The van der Waals surface area contributed by atoms with E-state index in [4.69, 9.17) is 17.1 Å². The van der Waals surface area contributed by atoms with Crippen LogP contribution in [0.3, 0.4) is 0 Å². The van der Waals surface area contributed by atoms with Gasteiger partial charge in [0.25, 0.3) is 10.0 Å². The fourth-order valence-electron chi connectivity index (χ4n) is 1.37. The molecule has 1 heterocycles. The van der Waals surface area contributed by atoms with Crippen LogP contribution >= 0.6 is 0 Å². The molecule has 0 aromatic heterocycles. The highest BCUT2D eigenvalue weighted by molar-refractivity contribution is 6.80. The van der Waals surface area contributed by atoms with Gasteiger partial charge in [-0.15, -0.1) is 0 Å². The highest BCUT2D eigenvalue weighted by atomic mass is 28.5. The Hall–Kier alpha value is 0.708. The molecule has 8 heteroatoms. The van der Waals surface area contributed by atoms with E-state index in [2.05, 4.69) is 26.2 Å². The smallest absolute Gasteiger partial charge is 0.322 e. The standard InChI is InChI=1S/C6H20O4Si4.C2H6/c1-13(2)8-6-11-5-7-12-9-14(3,4)10-13;1-2/h5-6,11-12H2,1-4H3;1-2H3. The molecule has 1 aliphatic rings. The molecular formula is C8H26O4Si4. The molecular weight excluding hydrogens is 272 g/mol. The van der Waals surface area contributed by atoms with Crippen molar-refractivity contribution in [1.82, 2.24) is 0 Å². The normalized spacial score (nSPS) is 28.1. The van der Waals surface area contributed by atoms with Gasteiger partial charge in [0, 0.05) is 12.5 Å². The van der Waals surface area contributed by atoms with Gasteiger partial charge in [0.15, 0.2) is 0 Å². The summed E-state index contributed by atoms with van der Waals surface area (Å²) in [6.45, 7) is 12.3. The number of hydrogen-bond acceptors (Lipinski definition) is 4. The van der Waals surface area contributed by atoms with Crippen LogP contribution in [0.2, 0.25) is 26.2 Å². The maximum atomic E-state index is 6.01. The van der Waals surface area contributed by atoms with Gasteiger partial charge < -0.3 is 17.1 Å². The van der Waals surface area contributed by atoms with Gasteiger partial charge >= 0.3 is 17.1 Å². The molecule has 1 saturated heterocycles. The third-order valence-corrected chi connectivity index (χ3v) is 12.5. The Morgan fingerprint density at radius 1 is 0.938 bits per heavy atom. The lowest BCUT2D eigenvalue weighted by Crippen LogP contribution is -2.50. The van der Waals surface area contributed by atoms with Gasteiger partial charge in [-0.1, -0.05) is 13.8 Å². The second kappa shape index (κ2) is 7.92. The predicted molar refractivity (Wildman–Crippen MR) is 77.5 cm³/mol. The first kappa shape index (κ1) is 16.7. The van der Waals surface area contributed by atoms with E-state index in [9.17, 15) is 0 Å². The average Bonchev–Trinajstić information content (AvgIpc) is 2.17. The summed E-state index contributed by atoms with van der Waals surface area (Å²) in [5.41, 5.74) is 0. The first-order valence-electron chi connectivity index (χ1n) is 5.97. The monoisotopic (exact) mass is 298 g/mol. The lowest BCUT2D eigenvalue weighted by Gasteiger charge is -2.33. The summed E-state index contributed by atoms with van der Waals surface area (Å²) < 4.78 is 23.1. The molecule has 98 valence electrons. The zero-order valence-electron chi connectivity index (χ0n) is 11.5. The summed E-state index contributed by atoms with van der Waals surface area (Å²) in [5, 5.41) is 0. The molecule has 4 nitrogen and oxygen atoms in total. The molecule has 0 aliphatic carbocycles. The maximum absolute atomic E-state index is 6.01. The molecule has 1 rings (SSSR count). The van der Waals surface area contributed by atoms with Crippen molar-refractivity contribution in [2.75, 3.05) is 12.5 Å². The van der Waals surface area contributed by atoms with Gasteiger partial charge in [0.2, 0.25) is 0 Å². The van der Waals surface area contributed by atoms with Gasteiger partial charge in [0.1, 0.15) is 0 Å². The quantitative estimate of drug-likeness (QED) is 0.613. The Morgan fingerprint density at radius 3 is 2.19 bits per heavy atom. The first-order chi connectivity index (χ1) is 7.41. The molecule has 0 N–H and O–H groups in total. The minimum absolute atomic E-state index is 0.211. The molecule has 0 aromatic rings. The van der Waals surface area contributed by atoms with Crippen LogP contribution in [0, 0.1) is 0 Å². The van der Waals surface area contributed by atoms with Crippen molar-refractivity contribution in [3.8, 4) is 0 Å². The number of rotatable bonds is 0. The van der Waals surface area contributed by atoms with Crippen LogP contribution < -0.4 is 0 Å². The molecule has 0 bridgehead atoms. The Morgan fingerprint density at radius 2 is 1.56 bits per heavy atom. The van der Waals surface area contributed by atoms with E-state index in [1.807, 2.05) is 13.8 Å². The SMILES string of the molecule is CC.C[Si]1(C)OC[SiH2]CO[SiH2]O[Si](C)(C)O1. The van der Waals surface area contributed by atoms with Crippen LogP contribution in [0.5, 0.6) is 0 Å². The Bertz CT molecular complexity index is 171. The molecule has 1 aliphatic heterocycles. The van der Waals surface area contributed by atoms with Gasteiger partial charge in [-0.05, 0) is 26.2 Å². The van der Waals surface area contributed by atoms with E-state index in [1.165, 1.54) is 0 Å². The maximum Gasteiger partial charge on any atom is 0.322 e. The van der Waals surface area contributed by atoms with Crippen molar-refractivity contribution in [3.05, 3.63) is 0 Å². The molecule has 0 unspecified atom stereocenters. The van der Waals surface area contributed by atoms with Crippen molar-refractivity contribution >= 4 is 36.6 Å². The lowest BCUT2D eigenvalue weighted by molar-refractivity contribution is 0.241. The summed E-state index contributed by atoms with van der Waals surface area (Å²) >= 11 is 0. The van der Waals surface area contributed by atoms with E-state index >= 15 is 0 Å². The van der Waals surface area contributed by atoms with Crippen LogP contribution in [0.4, 0.5) is 0 Å². The topological polar surface area (TPSA) is 36.9 Å². The fraction of sp³-hybridized carbons (Fsp3) is 1.00. The molecule has 0 radical (unpaired) electrons. The van der Waals surface area contributed by atoms with Gasteiger partial charge in [-0.2, -0.15) is 0 Å². The Kier molecular flexibility index (Phi) is 8.27. The largest absolute Gasteiger partial charge is 0.420 e. The highest BCUT2D eigenvalue weighted by Gasteiger charge is 2.36. The first-order valence-corrected chi connectivity index (χ1v) is 14.8. The molecule has 0 spiro atoms. The van der Waals surface area contributed by atoms with Crippen LogP contribution in [0.1, 0.15) is 13.8 Å². The zero-order valence-corrected chi connectivity index (χ0v) is 16.3. The lowest BCUT2D eigenvalue weighted by atomic mass is 11.0. The molecule has 0 saturated carbocycles. The summed E-state index contributed by atoms with van der Waals surface area (Å²) in [6.07, 6.45) is 1.79. The van der Waals surface area contributed by atoms with E-state index in [-0.39, 0.29) is 9.52 Å². The van der Waals surface area contributed by atoms with Crippen molar-refractivity contribution in [2.45, 2.75) is 40.0 Å². The van der Waals surface area contributed by atoms with Crippen LogP contribution in [0.25, 0.3) is 0 Å². The average molecular weight is 299 g/mol. The van der Waals surface area contributed by atoms with Crippen molar-refractivity contribution < 1.29 is 17.1 Å². The number of hydrogen-bond donors (Lipinski definition) is 0. The molecule has 16 heavy (non-hydrogen) atoms. The second-order valence-corrected chi connectivity index (χ2v) is 14.3. The van der Waals surface area contributed by atoms with Crippen LogP contribution in [-0.2, 0) is 17.1 Å². The summed E-state index contributed by atoms with van der Waals surface area (Å²) in [7, 11) is -4.91. The van der Waals surface area contributed by atoms with E-state index in [0.29, 0.717) is 0 Å². The molecule has 0 aromatic carbocycles.